The molecule has 0 radical (unpaired) electrons. The Labute approximate surface area is 125 Å². The van der Waals surface area contributed by atoms with E-state index in [-0.39, 0.29) is 5.91 Å². The van der Waals surface area contributed by atoms with E-state index in [1.807, 2.05) is 6.92 Å². The van der Waals surface area contributed by atoms with Crippen LogP contribution in [-0.2, 0) is 4.79 Å². The summed E-state index contributed by atoms with van der Waals surface area (Å²) in [7, 11) is 1.54. The van der Waals surface area contributed by atoms with Crippen LogP contribution in [0.4, 0.5) is 11.4 Å². The zero-order chi connectivity index (χ0) is 15.7. The van der Waals surface area contributed by atoms with Crippen molar-refractivity contribution in [3.63, 3.8) is 0 Å². The molecule has 0 aromatic heterocycles. The molecule has 1 amide bonds. The number of ether oxygens (including phenoxy) is 1. The summed E-state index contributed by atoms with van der Waals surface area (Å²) in [5, 5.41) is 11.4. The van der Waals surface area contributed by atoms with Gasteiger partial charge in [0.1, 0.15) is 5.75 Å². The van der Waals surface area contributed by atoms with Crippen molar-refractivity contribution < 1.29 is 9.53 Å². The van der Waals surface area contributed by atoms with Crippen molar-refractivity contribution in [3.05, 3.63) is 18.2 Å². The number of hydrogen-bond acceptors (Lipinski definition) is 5. The van der Waals surface area contributed by atoms with Crippen LogP contribution in [0.2, 0.25) is 0 Å². The Hall–Kier alpha value is -2.26. The number of hydrogen-bond donors (Lipinski definition) is 2. The summed E-state index contributed by atoms with van der Waals surface area (Å²) < 4.78 is 5.18. The molecule has 0 saturated heterocycles. The van der Waals surface area contributed by atoms with Gasteiger partial charge in [-0.05, 0) is 24.7 Å². The number of nitrogens with two attached hydrogens (primary N) is 1. The number of nitrogens with zero attached hydrogens (tertiary/aromatic N) is 2. The van der Waals surface area contributed by atoms with Crippen molar-refractivity contribution in [1.82, 2.24) is 4.90 Å². The van der Waals surface area contributed by atoms with Gasteiger partial charge in [0.05, 0.1) is 18.9 Å². The summed E-state index contributed by atoms with van der Waals surface area (Å²) in [4.78, 5) is 14.1. The average molecular weight is 290 g/mol. The third-order valence-electron chi connectivity index (χ3n) is 3.14. The van der Waals surface area contributed by atoms with Gasteiger partial charge in [-0.1, -0.05) is 6.92 Å². The van der Waals surface area contributed by atoms with Crippen LogP contribution in [0.25, 0.3) is 0 Å². The number of nitrogen functional groups attached to an aromatic ring is 1. The third-order valence-corrected chi connectivity index (χ3v) is 3.14. The second-order valence-corrected chi connectivity index (χ2v) is 4.60. The molecule has 21 heavy (non-hydrogen) atoms. The molecule has 0 heterocycles. The summed E-state index contributed by atoms with van der Waals surface area (Å²) in [6, 6.07) is 7.22. The van der Waals surface area contributed by atoms with E-state index in [1.54, 1.807) is 25.3 Å². The Bertz CT molecular complexity index is 511. The first-order valence-corrected chi connectivity index (χ1v) is 6.93. The van der Waals surface area contributed by atoms with Gasteiger partial charge in [0.25, 0.3) is 0 Å². The number of nitriles is 1. The second kappa shape index (κ2) is 8.82. The van der Waals surface area contributed by atoms with E-state index in [2.05, 4.69) is 16.3 Å². The van der Waals surface area contributed by atoms with Crippen LogP contribution in [-0.4, -0.2) is 37.6 Å². The van der Waals surface area contributed by atoms with Crippen LogP contribution in [0.5, 0.6) is 5.75 Å². The molecule has 0 aliphatic rings. The Kier molecular flexibility index (Phi) is 7.05. The molecule has 0 atom stereocenters. The van der Waals surface area contributed by atoms with Gasteiger partial charge in [-0.25, -0.2) is 0 Å². The molecule has 0 aliphatic heterocycles. The maximum Gasteiger partial charge on any atom is 0.225 e. The molecule has 0 aliphatic carbocycles. The number of methoxy groups -OCH3 is 1. The van der Waals surface area contributed by atoms with Crippen LogP contribution < -0.4 is 15.8 Å². The molecule has 3 N–H and O–H groups in total. The molecule has 0 saturated carbocycles. The molecule has 0 spiro atoms. The molecule has 1 rings (SSSR count). The van der Waals surface area contributed by atoms with Crippen molar-refractivity contribution in [2.24, 2.45) is 0 Å². The first-order chi connectivity index (χ1) is 10.1. The molecular weight excluding hydrogens is 268 g/mol. The van der Waals surface area contributed by atoms with Crippen LogP contribution in [0.15, 0.2) is 18.2 Å². The summed E-state index contributed by atoms with van der Waals surface area (Å²) in [5.41, 5.74) is 6.85. The fourth-order valence-electron chi connectivity index (χ4n) is 1.93. The van der Waals surface area contributed by atoms with Crippen molar-refractivity contribution >= 4 is 17.3 Å². The summed E-state index contributed by atoms with van der Waals surface area (Å²) >= 11 is 0. The maximum atomic E-state index is 12.0. The number of anilines is 2. The van der Waals surface area contributed by atoms with E-state index in [0.29, 0.717) is 43.1 Å². The van der Waals surface area contributed by atoms with E-state index in [4.69, 9.17) is 15.7 Å². The van der Waals surface area contributed by atoms with Crippen LogP contribution in [0.3, 0.4) is 0 Å². The average Bonchev–Trinajstić information content (AvgIpc) is 2.47. The minimum atomic E-state index is -0.102. The zero-order valence-electron chi connectivity index (χ0n) is 12.6. The predicted molar refractivity (Wildman–Crippen MR) is 83.0 cm³/mol. The topological polar surface area (TPSA) is 91.4 Å². The van der Waals surface area contributed by atoms with Gasteiger partial charge in [-0.15, -0.1) is 0 Å². The van der Waals surface area contributed by atoms with Gasteiger partial charge >= 0.3 is 0 Å². The van der Waals surface area contributed by atoms with Gasteiger partial charge < -0.3 is 20.7 Å². The maximum absolute atomic E-state index is 12.0. The Morgan fingerprint density at radius 3 is 2.86 bits per heavy atom. The van der Waals surface area contributed by atoms with E-state index >= 15 is 0 Å². The van der Waals surface area contributed by atoms with Gasteiger partial charge in [0.2, 0.25) is 5.91 Å². The second-order valence-electron chi connectivity index (χ2n) is 4.60. The predicted octanol–water partition coefficient (Wildman–Crippen LogP) is 1.84. The molecule has 1 aromatic rings. The lowest BCUT2D eigenvalue weighted by Gasteiger charge is -2.18. The molecular formula is C15H22N4O2. The lowest BCUT2D eigenvalue weighted by molar-refractivity contribution is -0.116. The minimum Gasteiger partial charge on any atom is -0.495 e. The van der Waals surface area contributed by atoms with Crippen molar-refractivity contribution in [2.45, 2.75) is 19.8 Å². The zero-order valence-corrected chi connectivity index (χ0v) is 12.6. The molecule has 6 nitrogen and oxygen atoms in total. The number of carbonyl (C=O) groups excluding carboxylic acids is 1. The fraction of sp³-hybridized carbons (Fsp3) is 0.467. The highest BCUT2D eigenvalue weighted by Gasteiger charge is 2.10. The first-order valence-electron chi connectivity index (χ1n) is 6.93. The normalized spacial score (nSPS) is 10.2. The first kappa shape index (κ1) is 16.8. The number of benzene rings is 1. The van der Waals surface area contributed by atoms with Crippen LogP contribution >= 0.6 is 0 Å². The third kappa shape index (κ3) is 5.71. The quantitative estimate of drug-likeness (QED) is 0.713. The molecule has 0 fully saturated rings. The Morgan fingerprint density at radius 2 is 2.24 bits per heavy atom. The standard InChI is InChI=1S/C15H22N4O2/c1-3-19(9-4-8-16)10-7-15(20)18-13-11-12(17)5-6-14(13)21-2/h5-6,11H,3-4,7,9-10,17H2,1-2H3,(H,18,20). The van der Waals surface area contributed by atoms with E-state index in [1.165, 1.54) is 0 Å². The van der Waals surface area contributed by atoms with Gasteiger partial charge in [0.15, 0.2) is 0 Å². The van der Waals surface area contributed by atoms with E-state index in [9.17, 15) is 4.79 Å². The van der Waals surface area contributed by atoms with Crippen molar-refractivity contribution in [3.8, 4) is 11.8 Å². The highest BCUT2D eigenvalue weighted by molar-refractivity contribution is 5.93. The van der Waals surface area contributed by atoms with Gasteiger partial charge in [-0.3, -0.25) is 4.79 Å². The number of amides is 1. The highest BCUT2D eigenvalue weighted by atomic mass is 16.5. The molecule has 114 valence electrons. The molecule has 0 bridgehead atoms. The minimum absolute atomic E-state index is 0.102. The summed E-state index contributed by atoms with van der Waals surface area (Å²) in [5.74, 6) is 0.476. The number of rotatable bonds is 8. The SMILES string of the molecule is CCN(CCC#N)CCC(=O)Nc1cc(N)ccc1OC. The summed E-state index contributed by atoms with van der Waals surface area (Å²) in [6.07, 6.45) is 0.829. The van der Waals surface area contributed by atoms with Crippen molar-refractivity contribution in [2.75, 3.05) is 37.8 Å². The highest BCUT2D eigenvalue weighted by Crippen LogP contribution is 2.26. The molecule has 6 heteroatoms. The van der Waals surface area contributed by atoms with E-state index in [0.717, 1.165) is 6.54 Å². The molecule has 1 aromatic carbocycles. The molecule has 0 unspecified atom stereocenters. The van der Waals surface area contributed by atoms with Crippen LogP contribution in [0.1, 0.15) is 19.8 Å². The number of carbonyl (C=O) groups is 1. The lowest BCUT2D eigenvalue weighted by atomic mass is 10.2. The van der Waals surface area contributed by atoms with E-state index < -0.39 is 0 Å². The fourth-order valence-corrected chi connectivity index (χ4v) is 1.93. The Balaban J connectivity index is 2.54. The van der Waals surface area contributed by atoms with Gasteiger partial charge in [0, 0.05) is 31.6 Å². The van der Waals surface area contributed by atoms with Gasteiger partial charge in [-0.2, -0.15) is 5.26 Å². The monoisotopic (exact) mass is 290 g/mol. The largest absolute Gasteiger partial charge is 0.495 e. The Morgan fingerprint density at radius 1 is 1.48 bits per heavy atom. The smallest absolute Gasteiger partial charge is 0.225 e. The van der Waals surface area contributed by atoms with Crippen LogP contribution in [0, 0.1) is 11.3 Å². The number of nitrogens with one attached hydrogen (secondary N) is 1. The summed E-state index contributed by atoms with van der Waals surface area (Å²) in [6.45, 7) is 4.13. The lowest BCUT2D eigenvalue weighted by Crippen LogP contribution is -2.28. The van der Waals surface area contributed by atoms with Crippen molar-refractivity contribution in [1.29, 1.82) is 5.26 Å².